The highest BCUT2D eigenvalue weighted by atomic mass is 32.2. The van der Waals surface area contributed by atoms with Gasteiger partial charge in [-0.1, -0.05) is 83.1 Å². The van der Waals surface area contributed by atoms with Crippen molar-refractivity contribution in [2.75, 3.05) is 0 Å². The number of benzene rings is 2. The molecule has 5 heteroatoms. The van der Waals surface area contributed by atoms with Gasteiger partial charge in [-0.05, 0) is 59.8 Å². The number of rotatable bonds is 4. The largest absolute Gasteiger partial charge is 0.507 e. The van der Waals surface area contributed by atoms with Crippen LogP contribution in [0.1, 0.15) is 119 Å². The van der Waals surface area contributed by atoms with Crippen molar-refractivity contribution in [1.82, 2.24) is 6.15 Å². The van der Waals surface area contributed by atoms with Crippen LogP contribution in [-0.2, 0) is 21.7 Å². The van der Waals surface area contributed by atoms with Crippen molar-refractivity contribution in [1.29, 1.82) is 0 Å². The fraction of sp³-hybridized carbons (Fsp3) is 0.613. The first-order valence-electron chi connectivity index (χ1n) is 12.6. The third-order valence-corrected chi connectivity index (χ3v) is 8.55. The summed E-state index contributed by atoms with van der Waals surface area (Å²) >= 11 is 3.66. The molecule has 204 valence electrons. The molecule has 36 heavy (non-hydrogen) atoms. The zero-order valence-electron chi connectivity index (χ0n) is 25.2. The molecule has 0 atom stereocenters. The van der Waals surface area contributed by atoms with Crippen molar-refractivity contribution >= 4 is 23.5 Å². The molecule has 0 saturated carbocycles. The molecule has 0 radical (unpaired) electrons. The number of hydrogen-bond acceptors (Lipinski definition) is 5. The first-order valence-corrected chi connectivity index (χ1v) is 14.2. The fourth-order valence-electron chi connectivity index (χ4n) is 4.21. The molecular weight excluding hydrogens is 482 g/mol. The summed E-state index contributed by atoms with van der Waals surface area (Å²) in [6.07, 6.45) is 0. The van der Waals surface area contributed by atoms with Crippen LogP contribution < -0.4 is 6.15 Å². The predicted octanol–water partition coefficient (Wildman–Crippen LogP) is 10.1. The molecule has 2 rings (SSSR count). The Morgan fingerprint density at radius 3 is 0.806 bits per heavy atom. The summed E-state index contributed by atoms with van der Waals surface area (Å²) in [7, 11) is 0. The Balaban J connectivity index is 0.00000648. The molecule has 0 aliphatic rings. The van der Waals surface area contributed by atoms with Gasteiger partial charge in [0.2, 0.25) is 0 Å². The first kappa shape index (κ1) is 32.7. The highest BCUT2D eigenvalue weighted by molar-refractivity contribution is 8.18. The van der Waals surface area contributed by atoms with E-state index in [0.29, 0.717) is 11.5 Å². The maximum Gasteiger partial charge on any atom is 0.123 e. The molecule has 0 spiro atoms. The van der Waals surface area contributed by atoms with E-state index in [2.05, 4.69) is 121 Å². The summed E-state index contributed by atoms with van der Waals surface area (Å²) < 4.78 is -0.164. The van der Waals surface area contributed by atoms with Gasteiger partial charge in [-0.15, -0.1) is 23.5 Å². The fourth-order valence-corrected chi connectivity index (χ4v) is 6.80. The van der Waals surface area contributed by atoms with Gasteiger partial charge in [-0.3, -0.25) is 0 Å². The SMILES string of the molecule is CC(C)(Sc1cc(C(C)(C)C)c(O)c(C(C)(C)C)c1)Sc1cc(C(C)(C)C)c(O)c(C(C)(C)C)c1.N. The van der Waals surface area contributed by atoms with Crippen LogP contribution in [0.25, 0.3) is 0 Å². The second-order valence-electron chi connectivity index (χ2n) is 14.3. The molecule has 0 aliphatic carbocycles. The molecule has 0 unspecified atom stereocenters. The van der Waals surface area contributed by atoms with Gasteiger partial charge in [-0.25, -0.2) is 0 Å². The molecule has 0 amide bonds. The van der Waals surface area contributed by atoms with Gasteiger partial charge in [0.1, 0.15) is 11.5 Å². The van der Waals surface area contributed by atoms with Crippen molar-refractivity contribution in [3.63, 3.8) is 0 Å². The van der Waals surface area contributed by atoms with Gasteiger partial charge in [0.15, 0.2) is 0 Å². The highest BCUT2D eigenvalue weighted by Crippen LogP contribution is 2.50. The van der Waals surface area contributed by atoms with E-state index in [1.807, 2.05) is 23.5 Å². The summed E-state index contributed by atoms with van der Waals surface area (Å²) in [5.74, 6) is 0.839. The molecular formula is C31H51NO2S2. The average molecular weight is 534 g/mol. The Bertz CT molecular complexity index is 920. The minimum Gasteiger partial charge on any atom is -0.507 e. The van der Waals surface area contributed by atoms with Crippen molar-refractivity contribution in [2.24, 2.45) is 0 Å². The van der Waals surface area contributed by atoms with Crippen molar-refractivity contribution in [3.05, 3.63) is 46.5 Å². The van der Waals surface area contributed by atoms with Gasteiger partial charge in [0.05, 0.1) is 4.08 Å². The summed E-state index contributed by atoms with van der Waals surface area (Å²) in [6.45, 7) is 30.4. The summed E-state index contributed by atoms with van der Waals surface area (Å²) in [4.78, 5) is 2.34. The molecule has 0 fully saturated rings. The average Bonchev–Trinajstić information content (AvgIpc) is 2.60. The summed E-state index contributed by atoms with van der Waals surface area (Å²) in [5, 5.41) is 22.2. The van der Waals surface area contributed by atoms with E-state index in [0.717, 1.165) is 22.3 Å². The van der Waals surface area contributed by atoms with Gasteiger partial charge < -0.3 is 16.4 Å². The Hall–Kier alpha value is -1.30. The van der Waals surface area contributed by atoms with Crippen LogP contribution >= 0.6 is 23.5 Å². The Morgan fingerprint density at radius 2 is 0.639 bits per heavy atom. The predicted molar refractivity (Wildman–Crippen MR) is 162 cm³/mol. The van der Waals surface area contributed by atoms with Crippen molar-refractivity contribution in [3.8, 4) is 11.5 Å². The topological polar surface area (TPSA) is 75.5 Å². The van der Waals surface area contributed by atoms with Crippen LogP contribution in [-0.4, -0.2) is 14.3 Å². The van der Waals surface area contributed by atoms with E-state index < -0.39 is 0 Å². The lowest BCUT2D eigenvalue weighted by atomic mass is 9.79. The standard InChI is InChI=1S/C31H48O2S2.H3N/c1-27(2,3)21-15-19(16-22(25(21)32)28(4,5)6)34-31(13,14)35-20-17-23(29(7,8)9)26(33)24(18-20)30(10,11)12;/h15-18,32-33H,1-14H3;1H3. The lowest BCUT2D eigenvalue weighted by Crippen LogP contribution is -2.19. The van der Waals surface area contributed by atoms with Gasteiger partial charge in [-0.2, -0.15) is 0 Å². The minimum absolute atomic E-state index is 0. The second kappa shape index (κ2) is 10.5. The molecule has 2 aromatic rings. The van der Waals surface area contributed by atoms with Crippen LogP contribution in [0, 0.1) is 0 Å². The molecule has 5 N–H and O–H groups in total. The molecule has 3 nitrogen and oxygen atoms in total. The van der Waals surface area contributed by atoms with E-state index in [1.54, 1.807) is 0 Å². The van der Waals surface area contributed by atoms with E-state index in [-0.39, 0.29) is 31.9 Å². The molecule has 0 aromatic heterocycles. The maximum absolute atomic E-state index is 11.1. The number of phenolic OH excluding ortho intramolecular Hbond substituents is 2. The van der Waals surface area contributed by atoms with Gasteiger partial charge >= 0.3 is 0 Å². The lowest BCUT2D eigenvalue weighted by Gasteiger charge is -2.31. The molecule has 0 bridgehead atoms. The van der Waals surface area contributed by atoms with Crippen LogP contribution in [0.15, 0.2) is 34.1 Å². The number of phenols is 2. The summed E-state index contributed by atoms with van der Waals surface area (Å²) in [5.41, 5.74) is 3.34. The molecule has 0 aliphatic heterocycles. The number of hydrogen-bond donors (Lipinski definition) is 3. The zero-order valence-corrected chi connectivity index (χ0v) is 26.9. The van der Waals surface area contributed by atoms with Crippen molar-refractivity contribution < 1.29 is 10.2 Å². The van der Waals surface area contributed by atoms with E-state index >= 15 is 0 Å². The Labute approximate surface area is 229 Å². The van der Waals surface area contributed by atoms with Crippen LogP contribution in [0.4, 0.5) is 0 Å². The normalized spacial score (nSPS) is 13.5. The lowest BCUT2D eigenvalue weighted by molar-refractivity contribution is 0.421. The first-order chi connectivity index (χ1) is 15.4. The minimum atomic E-state index is -0.164. The van der Waals surface area contributed by atoms with Crippen molar-refractivity contribution in [2.45, 2.75) is 132 Å². The zero-order chi connectivity index (χ0) is 27.4. The quantitative estimate of drug-likeness (QED) is 0.269. The third kappa shape index (κ3) is 7.85. The molecule has 0 heterocycles. The van der Waals surface area contributed by atoms with Gasteiger partial charge in [0.25, 0.3) is 0 Å². The Kier molecular flexibility index (Phi) is 9.51. The highest BCUT2D eigenvalue weighted by Gasteiger charge is 2.31. The Morgan fingerprint density at radius 1 is 0.444 bits per heavy atom. The van der Waals surface area contributed by atoms with E-state index in [1.165, 1.54) is 9.79 Å². The maximum atomic E-state index is 11.1. The van der Waals surface area contributed by atoms with Crippen LogP contribution in [0.5, 0.6) is 11.5 Å². The molecule has 0 saturated heterocycles. The monoisotopic (exact) mass is 533 g/mol. The molecule has 2 aromatic carbocycles. The number of thioether (sulfide) groups is 2. The van der Waals surface area contributed by atoms with Crippen LogP contribution in [0.3, 0.4) is 0 Å². The third-order valence-electron chi connectivity index (χ3n) is 6.13. The van der Waals surface area contributed by atoms with Crippen LogP contribution in [0.2, 0.25) is 0 Å². The summed E-state index contributed by atoms with van der Waals surface area (Å²) in [6, 6.07) is 8.65. The van der Waals surface area contributed by atoms with Gasteiger partial charge in [0, 0.05) is 32.0 Å². The second-order valence-corrected chi connectivity index (χ2v) is 18.0. The number of aromatic hydroxyl groups is 2. The smallest absolute Gasteiger partial charge is 0.123 e. The van der Waals surface area contributed by atoms with E-state index in [4.69, 9.17) is 0 Å². The van der Waals surface area contributed by atoms with E-state index in [9.17, 15) is 10.2 Å².